The maximum Gasteiger partial charge on any atom is 0.202 e. The van der Waals surface area contributed by atoms with Gasteiger partial charge in [0.1, 0.15) is 0 Å². The Hall–Kier alpha value is -2.24. The maximum atomic E-state index is 6.15. The number of hydrogen-bond donors (Lipinski definition) is 0. The van der Waals surface area contributed by atoms with Crippen LogP contribution >= 0.6 is 11.6 Å². The molecule has 3 aromatic rings. The Kier molecular flexibility index (Phi) is 4.51. The van der Waals surface area contributed by atoms with Gasteiger partial charge in [0, 0.05) is 49.5 Å². The fraction of sp³-hybridized carbons (Fsp3) is 0.316. The first kappa shape index (κ1) is 16.2. The van der Waals surface area contributed by atoms with Crippen LogP contribution in [-0.4, -0.2) is 36.2 Å². The Morgan fingerprint density at radius 3 is 2.68 bits per heavy atom. The molecule has 1 aromatic carbocycles. The van der Waals surface area contributed by atoms with Crippen molar-refractivity contribution in [2.75, 3.05) is 31.1 Å². The second-order valence-electron chi connectivity index (χ2n) is 6.35. The molecule has 0 N–H and O–H groups in total. The number of aryl methyl sites for hydroxylation is 1. The molecular formula is C19H20ClN3O2. The van der Waals surface area contributed by atoms with Crippen LogP contribution in [0, 0.1) is 6.92 Å². The standard InChI is InChI=1S/C19H20ClN3O2/c1-14-4-5-15(20)11-17(14)23-8-6-22(7-9-23)13-16-12-19(25-21-16)18-3-2-10-24-18/h2-5,10-12H,6-9,13H2,1H3. The molecule has 0 unspecified atom stereocenters. The zero-order valence-electron chi connectivity index (χ0n) is 14.1. The topological polar surface area (TPSA) is 45.7 Å². The predicted octanol–water partition coefficient (Wildman–Crippen LogP) is 4.22. The van der Waals surface area contributed by atoms with Crippen molar-refractivity contribution < 1.29 is 8.94 Å². The van der Waals surface area contributed by atoms with Crippen molar-refractivity contribution in [3.63, 3.8) is 0 Å². The van der Waals surface area contributed by atoms with Crippen LogP contribution in [0.15, 0.2) is 51.6 Å². The molecule has 3 heterocycles. The van der Waals surface area contributed by atoms with Gasteiger partial charge in [0.25, 0.3) is 0 Å². The Bertz CT molecular complexity index is 836. The fourth-order valence-electron chi connectivity index (χ4n) is 3.22. The summed E-state index contributed by atoms with van der Waals surface area (Å²) in [4.78, 5) is 4.79. The number of rotatable bonds is 4. The Morgan fingerprint density at radius 2 is 1.92 bits per heavy atom. The lowest BCUT2D eigenvalue weighted by Crippen LogP contribution is -2.46. The lowest BCUT2D eigenvalue weighted by molar-refractivity contribution is 0.242. The third-order valence-electron chi connectivity index (χ3n) is 4.59. The van der Waals surface area contributed by atoms with Crippen LogP contribution in [0.25, 0.3) is 11.5 Å². The number of aromatic nitrogens is 1. The number of anilines is 1. The molecule has 25 heavy (non-hydrogen) atoms. The number of piperazine rings is 1. The number of nitrogens with zero attached hydrogens (tertiary/aromatic N) is 3. The van der Waals surface area contributed by atoms with Gasteiger partial charge in [-0.3, -0.25) is 4.90 Å². The lowest BCUT2D eigenvalue weighted by atomic mass is 10.1. The van der Waals surface area contributed by atoms with Gasteiger partial charge in [0.15, 0.2) is 5.76 Å². The highest BCUT2D eigenvalue weighted by atomic mass is 35.5. The molecule has 130 valence electrons. The molecule has 0 bridgehead atoms. The summed E-state index contributed by atoms with van der Waals surface area (Å²) in [5, 5.41) is 4.95. The van der Waals surface area contributed by atoms with Crippen LogP contribution < -0.4 is 4.90 Å². The number of halogens is 1. The van der Waals surface area contributed by atoms with Crippen LogP contribution in [0.1, 0.15) is 11.3 Å². The van der Waals surface area contributed by atoms with Gasteiger partial charge in [-0.05, 0) is 36.8 Å². The summed E-state index contributed by atoms with van der Waals surface area (Å²) in [6.45, 7) is 6.83. The molecule has 0 radical (unpaired) electrons. The van der Waals surface area contributed by atoms with E-state index in [9.17, 15) is 0 Å². The van der Waals surface area contributed by atoms with E-state index in [0.717, 1.165) is 43.4 Å². The second kappa shape index (κ2) is 6.94. The second-order valence-corrected chi connectivity index (χ2v) is 6.79. The SMILES string of the molecule is Cc1ccc(Cl)cc1N1CCN(Cc2cc(-c3ccco3)on2)CC1. The highest BCUT2D eigenvalue weighted by Gasteiger charge is 2.20. The number of benzene rings is 1. The van der Waals surface area contributed by atoms with E-state index in [1.54, 1.807) is 6.26 Å². The smallest absolute Gasteiger partial charge is 0.202 e. The summed E-state index contributed by atoms with van der Waals surface area (Å²) >= 11 is 6.15. The normalized spacial score (nSPS) is 15.7. The minimum Gasteiger partial charge on any atom is -0.461 e. The van der Waals surface area contributed by atoms with Crippen LogP contribution in [0.3, 0.4) is 0 Å². The van der Waals surface area contributed by atoms with Gasteiger partial charge in [-0.25, -0.2) is 0 Å². The zero-order chi connectivity index (χ0) is 17.2. The van der Waals surface area contributed by atoms with Gasteiger partial charge in [0.05, 0.1) is 12.0 Å². The van der Waals surface area contributed by atoms with Crippen molar-refractivity contribution in [1.29, 1.82) is 0 Å². The van der Waals surface area contributed by atoms with Gasteiger partial charge < -0.3 is 13.8 Å². The first-order valence-corrected chi connectivity index (χ1v) is 8.80. The first-order chi connectivity index (χ1) is 12.2. The van der Waals surface area contributed by atoms with Crippen molar-refractivity contribution in [2.24, 2.45) is 0 Å². The summed E-state index contributed by atoms with van der Waals surface area (Å²) in [5.74, 6) is 1.38. The van der Waals surface area contributed by atoms with Gasteiger partial charge in [-0.2, -0.15) is 0 Å². The fourth-order valence-corrected chi connectivity index (χ4v) is 3.39. The van der Waals surface area contributed by atoms with E-state index < -0.39 is 0 Å². The van der Waals surface area contributed by atoms with Gasteiger partial charge in [-0.1, -0.05) is 22.8 Å². The van der Waals surface area contributed by atoms with Gasteiger partial charge in [-0.15, -0.1) is 0 Å². The molecule has 0 atom stereocenters. The van der Waals surface area contributed by atoms with Crippen LogP contribution in [0.5, 0.6) is 0 Å². The molecule has 1 aliphatic heterocycles. The minimum atomic E-state index is 0.674. The summed E-state index contributed by atoms with van der Waals surface area (Å²) in [7, 11) is 0. The third kappa shape index (κ3) is 3.57. The van der Waals surface area contributed by atoms with Crippen molar-refractivity contribution in [3.05, 3.63) is 58.9 Å². The largest absolute Gasteiger partial charge is 0.461 e. The van der Waals surface area contributed by atoms with Gasteiger partial charge in [0.2, 0.25) is 5.76 Å². The highest BCUT2D eigenvalue weighted by molar-refractivity contribution is 6.30. The predicted molar refractivity (Wildman–Crippen MR) is 97.9 cm³/mol. The van der Waals surface area contributed by atoms with Crippen molar-refractivity contribution >= 4 is 17.3 Å². The molecule has 5 nitrogen and oxygen atoms in total. The molecule has 0 spiro atoms. The highest BCUT2D eigenvalue weighted by Crippen LogP contribution is 2.26. The minimum absolute atomic E-state index is 0.674. The summed E-state index contributed by atoms with van der Waals surface area (Å²) in [5.41, 5.74) is 3.42. The van der Waals surface area contributed by atoms with E-state index in [4.69, 9.17) is 20.5 Å². The van der Waals surface area contributed by atoms with E-state index in [2.05, 4.69) is 34.0 Å². The maximum absolute atomic E-state index is 6.15. The number of hydrogen-bond acceptors (Lipinski definition) is 5. The summed E-state index contributed by atoms with van der Waals surface area (Å²) in [6, 6.07) is 11.7. The quantitative estimate of drug-likeness (QED) is 0.699. The van der Waals surface area contributed by atoms with Crippen molar-refractivity contribution in [1.82, 2.24) is 10.1 Å². The van der Waals surface area contributed by atoms with Crippen LogP contribution in [0.2, 0.25) is 5.02 Å². The van der Waals surface area contributed by atoms with Crippen molar-refractivity contribution in [2.45, 2.75) is 13.5 Å². The molecule has 1 saturated heterocycles. The average molecular weight is 358 g/mol. The molecular weight excluding hydrogens is 338 g/mol. The van der Waals surface area contributed by atoms with E-state index in [1.165, 1.54) is 11.3 Å². The van der Waals surface area contributed by atoms with Gasteiger partial charge >= 0.3 is 0 Å². The molecule has 2 aromatic heterocycles. The Morgan fingerprint density at radius 1 is 1.08 bits per heavy atom. The molecule has 1 aliphatic rings. The molecule has 6 heteroatoms. The van der Waals surface area contributed by atoms with E-state index in [-0.39, 0.29) is 0 Å². The third-order valence-corrected chi connectivity index (χ3v) is 4.83. The zero-order valence-corrected chi connectivity index (χ0v) is 14.9. The molecule has 4 rings (SSSR count). The van der Waals surface area contributed by atoms with E-state index in [0.29, 0.717) is 11.5 Å². The number of furan rings is 1. The monoisotopic (exact) mass is 357 g/mol. The van der Waals surface area contributed by atoms with Crippen LogP contribution in [0.4, 0.5) is 5.69 Å². The summed E-state index contributed by atoms with van der Waals surface area (Å²) < 4.78 is 10.7. The lowest BCUT2D eigenvalue weighted by Gasteiger charge is -2.36. The first-order valence-electron chi connectivity index (χ1n) is 8.42. The van der Waals surface area contributed by atoms with Crippen molar-refractivity contribution in [3.8, 4) is 11.5 Å². The molecule has 0 saturated carbocycles. The summed E-state index contributed by atoms with van der Waals surface area (Å²) in [6.07, 6.45) is 1.63. The Balaban J connectivity index is 1.37. The molecule has 0 amide bonds. The van der Waals surface area contributed by atoms with Crippen LogP contribution in [-0.2, 0) is 6.54 Å². The average Bonchev–Trinajstić information content (AvgIpc) is 3.29. The molecule has 1 fully saturated rings. The molecule has 0 aliphatic carbocycles. The van der Waals surface area contributed by atoms with E-state index >= 15 is 0 Å². The van der Waals surface area contributed by atoms with E-state index in [1.807, 2.05) is 24.3 Å². The Labute approximate surface area is 151 Å².